The Bertz CT molecular complexity index is 629. The molecule has 0 radical (unpaired) electrons. The third-order valence-corrected chi connectivity index (χ3v) is 3.39. The number of benzene rings is 1. The van der Waals surface area contributed by atoms with Gasteiger partial charge in [-0.3, -0.25) is 0 Å². The summed E-state index contributed by atoms with van der Waals surface area (Å²) < 4.78 is 2.02. The van der Waals surface area contributed by atoms with Gasteiger partial charge in [0, 0.05) is 35.2 Å². The molecule has 0 bridgehead atoms. The van der Waals surface area contributed by atoms with Crippen molar-refractivity contribution in [2.75, 3.05) is 6.54 Å². The van der Waals surface area contributed by atoms with Gasteiger partial charge < -0.3 is 20.5 Å². The summed E-state index contributed by atoms with van der Waals surface area (Å²) in [6.07, 6.45) is -0.648. The van der Waals surface area contributed by atoms with Crippen molar-refractivity contribution < 1.29 is 15.0 Å². The molecule has 1 aromatic carbocycles. The van der Waals surface area contributed by atoms with Gasteiger partial charge in [0.1, 0.15) is 0 Å². The molecule has 2 aromatic rings. The lowest BCUT2D eigenvalue weighted by molar-refractivity contribution is 0.0697. The van der Waals surface area contributed by atoms with E-state index in [1.807, 2.05) is 11.5 Å². The highest BCUT2D eigenvalue weighted by Crippen LogP contribution is 2.31. The zero-order chi connectivity index (χ0) is 14.2. The first-order chi connectivity index (χ1) is 8.97. The maximum Gasteiger partial charge on any atom is 0.335 e. The normalized spacial score (nSPS) is 12.8. The minimum Gasteiger partial charge on any atom is -0.478 e. The number of nitrogens with two attached hydrogens (primary N) is 1. The fourth-order valence-corrected chi connectivity index (χ4v) is 2.59. The Balaban J connectivity index is 2.78. The molecule has 1 heterocycles. The van der Waals surface area contributed by atoms with E-state index >= 15 is 0 Å². The minimum atomic E-state index is -0.970. The Morgan fingerprint density at radius 3 is 2.68 bits per heavy atom. The number of aliphatic hydroxyl groups is 1. The molecule has 1 unspecified atom stereocenters. The second kappa shape index (κ2) is 5.03. The summed E-state index contributed by atoms with van der Waals surface area (Å²) in [5, 5.41) is 19.8. The molecule has 5 nitrogen and oxygen atoms in total. The number of hydrogen-bond donors (Lipinski definition) is 3. The summed E-state index contributed by atoms with van der Waals surface area (Å²) in [5.41, 5.74) is 8.43. The highest BCUT2D eigenvalue weighted by atomic mass is 16.4. The number of fused-ring (bicyclic) bond motifs is 1. The van der Waals surface area contributed by atoms with Crippen molar-refractivity contribution in [1.82, 2.24) is 4.57 Å². The topological polar surface area (TPSA) is 88.5 Å². The van der Waals surface area contributed by atoms with Crippen LogP contribution in [0.25, 0.3) is 10.9 Å². The van der Waals surface area contributed by atoms with Crippen molar-refractivity contribution in [1.29, 1.82) is 0 Å². The lowest BCUT2D eigenvalue weighted by Crippen LogP contribution is -2.11. The molecule has 1 atom stereocenters. The van der Waals surface area contributed by atoms with Gasteiger partial charge in [-0.25, -0.2) is 4.79 Å². The van der Waals surface area contributed by atoms with Crippen molar-refractivity contribution in [2.24, 2.45) is 5.73 Å². The van der Waals surface area contributed by atoms with Crippen molar-refractivity contribution in [3.8, 4) is 0 Å². The molecular formula is C14H18N2O3. The van der Waals surface area contributed by atoms with E-state index in [2.05, 4.69) is 0 Å². The van der Waals surface area contributed by atoms with E-state index in [-0.39, 0.29) is 5.56 Å². The van der Waals surface area contributed by atoms with Crippen molar-refractivity contribution in [3.63, 3.8) is 0 Å². The molecule has 4 N–H and O–H groups in total. The second-order valence-corrected chi connectivity index (χ2v) is 4.65. The van der Waals surface area contributed by atoms with Gasteiger partial charge >= 0.3 is 5.97 Å². The van der Waals surface area contributed by atoms with Crippen LogP contribution < -0.4 is 5.73 Å². The van der Waals surface area contributed by atoms with Crippen molar-refractivity contribution >= 4 is 16.9 Å². The first-order valence-electron chi connectivity index (χ1n) is 6.21. The smallest absolute Gasteiger partial charge is 0.335 e. The molecule has 2 rings (SSSR count). The molecule has 0 saturated heterocycles. The summed E-state index contributed by atoms with van der Waals surface area (Å²) in [6, 6.07) is 4.95. The fraction of sp³-hybridized carbons (Fsp3) is 0.357. The Labute approximate surface area is 111 Å². The Kier molecular flexibility index (Phi) is 3.59. The molecule has 102 valence electrons. The van der Waals surface area contributed by atoms with Crippen LogP contribution in [0.4, 0.5) is 0 Å². The molecule has 19 heavy (non-hydrogen) atoms. The minimum absolute atomic E-state index is 0.222. The number of carboxylic acids is 1. The van der Waals surface area contributed by atoms with Gasteiger partial charge in [-0.2, -0.15) is 0 Å². The number of carbonyl (C=O) groups is 1. The van der Waals surface area contributed by atoms with Gasteiger partial charge in [0.2, 0.25) is 0 Å². The number of aromatic nitrogens is 1. The highest BCUT2D eigenvalue weighted by molar-refractivity contribution is 5.95. The molecule has 0 fully saturated rings. The van der Waals surface area contributed by atoms with Crippen LogP contribution in [0.5, 0.6) is 0 Å². The molecule has 0 amide bonds. The van der Waals surface area contributed by atoms with E-state index in [0.29, 0.717) is 13.1 Å². The first kappa shape index (κ1) is 13.6. The van der Waals surface area contributed by atoms with E-state index < -0.39 is 12.1 Å². The summed E-state index contributed by atoms with van der Waals surface area (Å²) in [4.78, 5) is 11.1. The molecular weight excluding hydrogens is 244 g/mol. The Morgan fingerprint density at radius 2 is 2.16 bits per heavy atom. The second-order valence-electron chi connectivity index (χ2n) is 4.65. The van der Waals surface area contributed by atoms with Gasteiger partial charge in [-0.05, 0) is 32.0 Å². The van der Waals surface area contributed by atoms with Crippen LogP contribution in [0.1, 0.15) is 34.6 Å². The largest absolute Gasteiger partial charge is 0.478 e. The number of hydrogen-bond acceptors (Lipinski definition) is 3. The molecule has 0 saturated carbocycles. The summed E-state index contributed by atoms with van der Waals surface area (Å²) in [7, 11) is 0. The maximum absolute atomic E-state index is 11.1. The fourth-order valence-electron chi connectivity index (χ4n) is 2.59. The molecule has 1 aromatic heterocycles. The van der Waals surface area contributed by atoms with Gasteiger partial charge in [0.25, 0.3) is 0 Å². The average molecular weight is 262 g/mol. The molecule has 0 aliphatic rings. The van der Waals surface area contributed by atoms with Crippen LogP contribution in [0.2, 0.25) is 0 Å². The van der Waals surface area contributed by atoms with Gasteiger partial charge in [0.05, 0.1) is 11.7 Å². The number of nitrogens with zero attached hydrogens (tertiary/aromatic N) is 1. The van der Waals surface area contributed by atoms with Crippen LogP contribution in [0.3, 0.4) is 0 Å². The van der Waals surface area contributed by atoms with E-state index in [0.717, 1.165) is 22.2 Å². The maximum atomic E-state index is 11.1. The van der Waals surface area contributed by atoms with E-state index in [1.165, 1.54) is 0 Å². The average Bonchev–Trinajstić information content (AvgIpc) is 2.62. The van der Waals surface area contributed by atoms with Gasteiger partial charge in [-0.1, -0.05) is 0 Å². The number of rotatable bonds is 4. The van der Waals surface area contributed by atoms with Gasteiger partial charge in [0.15, 0.2) is 0 Å². The predicted molar refractivity (Wildman–Crippen MR) is 73.3 cm³/mol. The van der Waals surface area contributed by atoms with Crippen molar-refractivity contribution in [3.05, 3.63) is 35.0 Å². The van der Waals surface area contributed by atoms with Crippen LogP contribution in [-0.4, -0.2) is 27.3 Å². The highest BCUT2D eigenvalue weighted by Gasteiger charge is 2.18. The summed E-state index contributed by atoms with van der Waals surface area (Å²) in [5.74, 6) is -0.970. The number of carboxylic acid groups (broad SMARTS) is 1. The van der Waals surface area contributed by atoms with Crippen LogP contribution in [-0.2, 0) is 6.54 Å². The van der Waals surface area contributed by atoms with Crippen molar-refractivity contribution in [2.45, 2.75) is 26.5 Å². The van der Waals surface area contributed by atoms with E-state index in [9.17, 15) is 9.90 Å². The standard InChI is InChI=1S/C14H18N2O3/c1-8-13(9(2)17)11-7-10(14(18)19)3-4-12(11)16(8)6-5-15/h3-4,7,9,17H,5-6,15H2,1-2H3,(H,18,19). The lowest BCUT2D eigenvalue weighted by atomic mass is 10.0. The monoisotopic (exact) mass is 262 g/mol. The Hall–Kier alpha value is -1.85. The lowest BCUT2D eigenvalue weighted by Gasteiger charge is -2.07. The van der Waals surface area contributed by atoms with Gasteiger partial charge in [-0.15, -0.1) is 0 Å². The molecule has 0 aliphatic carbocycles. The molecule has 0 spiro atoms. The molecule has 0 aliphatic heterocycles. The Morgan fingerprint density at radius 1 is 1.47 bits per heavy atom. The quantitative estimate of drug-likeness (QED) is 0.781. The van der Waals surface area contributed by atoms with Crippen LogP contribution >= 0.6 is 0 Å². The number of aliphatic hydroxyl groups excluding tert-OH is 1. The third-order valence-electron chi connectivity index (χ3n) is 3.39. The molecule has 5 heteroatoms. The SMILES string of the molecule is Cc1c(C(C)O)c2cc(C(=O)O)ccc2n1CCN. The first-order valence-corrected chi connectivity index (χ1v) is 6.21. The van der Waals surface area contributed by atoms with Crippen LogP contribution in [0.15, 0.2) is 18.2 Å². The zero-order valence-electron chi connectivity index (χ0n) is 11.1. The van der Waals surface area contributed by atoms with Crippen LogP contribution in [0, 0.1) is 6.92 Å². The summed E-state index contributed by atoms with van der Waals surface area (Å²) >= 11 is 0. The zero-order valence-corrected chi connectivity index (χ0v) is 11.1. The number of aromatic carboxylic acids is 1. The third kappa shape index (κ3) is 2.22. The van der Waals surface area contributed by atoms with E-state index in [1.54, 1.807) is 25.1 Å². The predicted octanol–water partition coefficient (Wildman–Crippen LogP) is 1.66. The summed E-state index contributed by atoms with van der Waals surface area (Å²) in [6.45, 7) is 4.73. The van der Waals surface area contributed by atoms with E-state index in [4.69, 9.17) is 10.8 Å².